The van der Waals surface area contributed by atoms with Crippen LogP contribution >= 0.6 is 0 Å². The Hall–Kier alpha value is -1.77. The van der Waals surface area contributed by atoms with Crippen LogP contribution in [0.1, 0.15) is 5.69 Å². The van der Waals surface area contributed by atoms with Crippen molar-refractivity contribution in [2.75, 3.05) is 19.0 Å². The third-order valence-electron chi connectivity index (χ3n) is 2.33. The molecule has 0 atom stereocenters. The number of hydrogen-bond acceptors (Lipinski definition) is 2. The van der Waals surface area contributed by atoms with Gasteiger partial charge in [0, 0.05) is 20.3 Å². The molecule has 1 aromatic heterocycles. The van der Waals surface area contributed by atoms with Gasteiger partial charge in [0.2, 0.25) is 0 Å². The smallest absolute Gasteiger partial charge is 0.0878 e. The first-order chi connectivity index (χ1) is 7.18. The van der Waals surface area contributed by atoms with Gasteiger partial charge < -0.3 is 4.90 Å². The molecular weight excluding hydrogens is 186 g/mol. The standard InChI is InChI=1S/C12H15N3/c1-10-8-9-15(13-10)12-7-5-4-6-11(12)14(2)3/h4-9H,1-3H3. The van der Waals surface area contributed by atoms with Gasteiger partial charge in [-0.1, -0.05) is 12.1 Å². The van der Waals surface area contributed by atoms with E-state index in [1.54, 1.807) is 0 Å². The maximum atomic E-state index is 4.41. The molecule has 2 rings (SSSR count). The van der Waals surface area contributed by atoms with Crippen LogP contribution in [0.25, 0.3) is 5.69 Å². The van der Waals surface area contributed by atoms with Gasteiger partial charge in [-0.3, -0.25) is 0 Å². The van der Waals surface area contributed by atoms with Gasteiger partial charge in [-0.05, 0) is 25.1 Å². The molecule has 0 aliphatic heterocycles. The first-order valence-corrected chi connectivity index (χ1v) is 4.97. The normalized spacial score (nSPS) is 10.3. The fourth-order valence-corrected chi connectivity index (χ4v) is 1.59. The van der Waals surface area contributed by atoms with Crippen molar-refractivity contribution in [3.8, 4) is 5.69 Å². The molecule has 0 aliphatic rings. The Morgan fingerprint density at radius 2 is 1.87 bits per heavy atom. The van der Waals surface area contributed by atoms with Gasteiger partial charge in [0.25, 0.3) is 0 Å². The van der Waals surface area contributed by atoms with E-state index in [0.29, 0.717) is 0 Å². The zero-order valence-corrected chi connectivity index (χ0v) is 9.31. The first kappa shape index (κ1) is 9.77. The van der Waals surface area contributed by atoms with Crippen molar-refractivity contribution in [1.82, 2.24) is 9.78 Å². The number of anilines is 1. The molecule has 3 heteroatoms. The van der Waals surface area contributed by atoms with Crippen molar-refractivity contribution in [2.24, 2.45) is 0 Å². The lowest BCUT2D eigenvalue weighted by Gasteiger charge is -2.16. The molecule has 0 bridgehead atoms. The summed E-state index contributed by atoms with van der Waals surface area (Å²) < 4.78 is 1.91. The van der Waals surface area contributed by atoms with E-state index in [4.69, 9.17) is 0 Å². The van der Waals surface area contributed by atoms with E-state index >= 15 is 0 Å². The maximum Gasteiger partial charge on any atom is 0.0878 e. The van der Waals surface area contributed by atoms with Gasteiger partial charge in [0.05, 0.1) is 17.1 Å². The third kappa shape index (κ3) is 1.86. The predicted molar refractivity (Wildman–Crippen MR) is 62.6 cm³/mol. The molecule has 0 saturated carbocycles. The summed E-state index contributed by atoms with van der Waals surface area (Å²) in [7, 11) is 4.07. The zero-order chi connectivity index (χ0) is 10.8. The average Bonchev–Trinajstić information content (AvgIpc) is 2.65. The Kier molecular flexibility index (Phi) is 2.46. The molecule has 0 spiro atoms. The van der Waals surface area contributed by atoms with Crippen LogP contribution in [-0.4, -0.2) is 23.9 Å². The Balaban J connectivity index is 2.52. The highest BCUT2D eigenvalue weighted by Crippen LogP contribution is 2.21. The molecule has 2 aromatic rings. The van der Waals surface area contributed by atoms with Crippen molar-refractivity contribution >= 4 is 5.69 Å². The minimum absolute atomic E-state index is 1.03. The second kappa shape index (κ2) is 3.77. The minimum atomic E-state index is 1.03. The number of aryl methyl sites for hydroxylation is 1. The topological polar surface area (TPSA) is 21.1 Å². The molecule has 0 fully saturated rings. The molecule has 0 amide bonds. The summed E-state index contributed by atoms with van der Waals surface area (Å²) in [4.78, 5) is 2.09. The van der Waals surface area contributed by atoms with Crippen molar-refractivity contribution in [3.63, 3.8) is 0 Å². The third-order valence-corrected chi connectivity index (χ3v) is 2.33. The van der Waals surface area contributed by atoms with E-state index in [2.05, 4.69) is 22.1 Å². The van der Waals surface area contributed by atoms with E-state index in [9.17, 15) is 0 Å². The van der Waals surface area contributed by atoms with E-state index < -0.39 is 0 Å². The zero-order valence-electron chi connectivity index (χ0n) is 9.31. The van der Waals surface area contributed by atoms with Gasteiger partial charge in [-0.2, -0.15) is 5.10 Å². The quantitative estimate of drug-likeness (QED) is 0.743. The molecular formula is C12H15N3. The molecule has 0 N–H and O–H groups in total. The summed E-state index contributed by atoms with van der Waals surface area (Å²) in [6, 6.07) is 10.2. The van der Waals surface area contributed by atoms with Crippen LogP contribution in [-0.2, 0) is 0 Å². The lowest BCUT2D eigenvalue weighted by Crippen LogP contribution is -2.12. The highest BCUT2D eigenvalue weighted by molar-refractivity contribution is 5.61. The van der Waals surface area contributed by atoms with E-state index in [0.717, 1.165) is 11.4 Å². The summed E-state index contributed by atoms with van der Waals surface area (Å²) in [5.41, 5.74) is 3.31. The molecule has 1 heterocycles. The van der Waals surface area contributed by atoms with Crippen molar-refractivity contribution in [3.05, 3.63) is 42.2 Å². The summed E-state index contributed by atoms with van der Waals surface area (Å²) in [5.74, 6) is 0. The fourth-order valence-electron chi connectivity index (χ4n) is 1.59. The number of para-hydroxylation sites is 2. The van der Waals surface area contributed by atoms with Crippen molar-refractivity contribution in [1.29, 1.82) is 0 Å². The molecule has 0 radical (unpaired) electrons. The molecule has 0 unspecified atom stereocenters. The number of nitrogens with zero attached hydrogens (tertiary/aromatic N) is 3. The summed E-state index contributed by atoms with van der Waals surface area (Å²) in [6.07, 6.45) is 1.98. The highest BCUT2D eigenvalue weighted by atomic mass is 15.3. The largest absolute Gasteiger partial charge is 0.376 e. The molecule has 78 valence electrons. The minimum Gasteiger partial charge on any atom is -0.376 e. The average molecular weight is 201 g/mol. The molecule has 3 nitrogen and oxygen atoms in total. The molecule has 0 saturated heterocycles. The second-order valence-corrected chi connectivity index (χ2v) is 3.78. The monoisotopic (exact) mass is 201 g/mol. The number of hydrogen-bond donors (Lipinski definition) is 0. The van der Waals surface area contributed by atoms with Crippen LogP contribution in [0.3, 0.4) is 0 Å². The molecule has 15 heavy (non-hydrogen) atoms. The van der Waals surface area contributed by atoms with Crippen LogP contribution in [0.15, 0.2) is 36.5 Å². The number of rotatable bonds is 2. The Bertz CT molecular complexity index is 457. The van der Waals surface area contributed by atoms with Crippen LogP contribution in [0.4, 0.5) is 5.69 Å². The van der Waals surface area contributed by atoms with Crippen LogP contribution in [0, 0.1) is 6.92 Å². The van der Waals surface area contributed by atoms with Gasteiger partial charge >= 0.3 is 0 Å². The van der Waals surface area contributed by atoms with E-state index in [-0.39, 0.29) is 0 Å². The lowest BCUT2D eigenvalue weighted by molar-refractivity contribution is 0.857. The van der Waals surface area contributed by atoms with Gasteiger partial charge in [-0.15, -0.1) is 0 Å². The molecule has 1 aromatic carbocycles. The summed E-state index contributed by atoms with van der Waals surface area (Å²) >= 11 is 0. The van der Waals surface area contributed by atoms with E-state index in [1.165, 1.54) is 5.69 Å². The SMILES string of the molecule is Cc1ccn(-c2ccccc2N(C)C)n1. The number of benzene rings is 1. The van der Waals surface area contributed by atoms with Gasteiger partial charge in [-0.25, -0.2) is 4.68 Å². The Labute approximate surface area is 90.0 Å². The Morgan fingerprint density at radius 1 is 1.13 bits per heavy atom. The lowest BCUT2D eigenvalue weighted by atomic mass is 10.2. The predicted octanol–water partition coefficient (Wildman–Crippen LogP) is 2.25. The number of aromatic nitrogens is 2. The fraction of sp³-hybridized carbons (Fsp3) is 0.250. The van der Waals surface area contributed by atoms with Crippen LogP contribution in [0.2, 0.25) is 0 Å². The van der Waals surface area contributed by atoms with E-state index in [1.807, 2.05) is 50.1 Å². The highest BCUT2D eigenvalue weighted by Gasteiger charge is 2.05. The summed E-state index contributed by atoms with van der Waals surface area (Å²) in [6.45, 7) is 1.99. The Morgan fingerprint density at radius 3 is 2.47 bits per heavy atom. The molecule has 0 aliphatic carbocycles. The van der Waals surface area contributed by atoms with Crippen molar-refractivity contribution < 1.29 is 0 Å². The summed E-state index contributed by atoms with van der Waals surface area (Å²) in [5, 5.41) is 4.41. The van der Waals surface area contributed by atoms with Gasteiger partial charge in [0.15, 0.2) is 0 Å². The van der Waals surface area contributed by atoms with Crippen LogP contribution in [0.5, 0.6) is 0 Å². The van der Waals surface area contributed by atoms with Crippen molar-refractivity contribution in [2.45, 2.75) is 6.92 Å². The second-order valence-electron chi connectivity index (χ2n) is 3.78. The van der Waals surface area contributed by atoms with Gasteiger partial charge in [0.1, 0.15) is 0 Å². The first-order valence-electron chi connectivity index (χ1n) is 4.97. The van der Waals surface area contributed by atoms with Crippen LogP contribution < -0.4 is 4.90 Å². The maximum absolute atomic E-state index is 4.41.